The van der Waals surface area contributed by atoms with Crippen LogP contribution in [-0.4, -0.2) is 5.91 Å². The number of carbonyl (C=O) groups excluding carboxylic acids is 1. The van der Waals surface area contributed by atoms with Crippen LogP contribution in [0.1, 0.15) is 15.2 Å². The molecule has 88 valence electrons. The number of halogens is 2. The minimum absolute atomic E-state index is 0.143. The lowest BCUT2D eigenvalue weighted by Crippen LogP contribution is -2.11. The van der Waals surface area contributed by atoms with Gasteiger partial charge in [-0.1, -0.05) is 23.2 Å². The predicted molar refractivity (Wildman–Crippen MR) is 73.5 cm³/mol. The number of benzene rings is 1. The number of aryl methyl sites for hydroxylation is 1. The molecule has 0 saturated carbocycles. The number of hydrogen-bond acceptors (Lipinski definition) is 2. The van der Waals surface area contributed by atoms with Crippen molar-refractivity contribution < 1.29 is 4.79 Å². The first-order chi connectivity index (χ1) is 8.06. The molecule has 5 heteroatoms. The van der Waals surface area contributed by atoms with Crippen molar-refractivity contribution in [1.82, 2.24) is 0 Å². The first-order valence-corrected chi connectivity index (χ1v) is 6.51. The molecule has 17 heavy (non-hydrogen) atoms. The third kappa shape index (κ3) is 3.00. The van der Waals surface area contributed by atoms with Crippen LogP contribution < -0.4 is 5.32 Å². The molecule has 0 bridgehead atoms. The fourth-order valence-electron chi connectivity index (χ4n) is 1.42. The molecule has 0 aliphatic carbocycles. The normalized spacial score (nSPS) is 10.3. The third-order valence-electron chi connectivity index (χ3n) is 2.19. The number of nitrogens with one attached hydrogen (secondary N) is 1. The standard InChI is InChI=1S/C12H9Cl2NOS/c1-7-2-3-17-11(7)12(16)15-10-5-8(13)4-9(14)6-10/h2-6H,1H3,(H,15,16). The molecule has 2 nitrogen and oxygen atoms in total. The molecule has 1 heterocycles. The molecule has 1 aromatic carbocycles. The highest BCUT2D eigenvalue weighted by atomic mass is 35.5. The molecule has 0 spiro atoms. The highest BCUT2D eigenvalue weighted by molar-refractivity contribution is 7.12. The minimum atomic E-state index is -0.143. The summed E-state index contributed by atoms with van der Waals surface area (Å²) < 4.78 is 0. The maximum absolute atomic E-state index is 11.9. The first-order valence-electron chi connectivity index (χ1n) is 4.88. The zero-order valence-electron chi connectivity index (χ0n) is 8.96. The van der Waals surface area contributed by atoms with Gasteiger partial charge in [0.2, 0.25) is 0 Å². The predicted octanol–water partition coefficient (Wildman–Crippen LogP) is 4.62. The summed E-state index contributed by atoms with van der Waals surface area (Å²) in [5, 5.41) is 5.65. The summed E-state index contributed by atoms with van der Waals surface area (Å²) in [6.07, 6.45) is 0. The molecule has 1 amide bonds. The van der Waals surface area contributed by atoms with E-state index in [0.29, 0.717) is 20.6 Å². The van der Waals surface area contributed by atoms with Gasteiger partial charge in [-0.25, -0.2) is 0 Å². The van der Waals surface area contributed by atoms with E-state index in [2.05, 4.69) is 5.32 Å². The molecule has 0 atom stereocenters. The molecule has 0 unspecified atom stereocenters. The minimum Gasteiger partial charge on any atom is -0.321 e. The number of rotatable bonds is 2. The van der Waals surface area contributed by atoms with E-state index in [1.54, 1.807) is 18.2 Å². The van der Waals surface area contributed by atoms with Crippen LogP contribution in [0.15, 0.2) is 29.6 Å². The summed E-state index contributed by atoms with van der Waals surface area (Å²) in [4.78, 5) is 12.6. The molecule has 0 fully saturated rings. The van der Waals surface area contributed by atoms with Crippen molar-refractivity contribution in [2.45, 2.75) is 6.92 Å². The van der Waals surface area contributed by atoms with Crippen molar-refractivity contribution in [3.05, 3.63) is 50.1 Å². The van der Waals surface area contributed by atoms with Gasteiger partial charge >= 0.3 is 0 Å². The van der Waals surface area contributed by atoms with E-state index >= 15 is 0 Å². The Kier molecular flexibility index (Phi) is 3.72. The molecule has 0 aliphatic rings. The summed E-state index contributed by atoms with van der Waals surface area (Å²) in [5.41, 5.74) is 1.56. The number of amides is 1. The summed E-state index contributed by atoms with van der Waals surface area (Å²) in [6.45, 7) is 1.90. The lowest BCUT2D eigenvalue weighted by atomic mass is 10.2. The molecule has 1 N–H and O–H groups in total. The van der Waals surface area contributed by atoms with Crippen molar-refractivity contribution in [3.63, 3.8) is 0 Å². The van der Waals surface area contributed by atoms with E-state index in [9.17, 15) is 4.79 Å². The highest BCUT2D eigenvalue weighted by Gasteiger charge is 2.11. The Morgan fingerprint density at radius 3 is 2.41 bits per heavy atom. The van der Waals surface area contributed by atoms with Crippen LogP contribution in [0.5, 0.6) is 0 Å². The Labute approximate surface area is 113 Å². The SMILES string of the molecule is Cc1ccsc1C(=O)Nc1cc(Cl)cc(Cl)c1. The van der Waals surface area contributed by atoms with E-state index in [1.165, 1.54) is 11.3 Å². The molecule has 0 aliphatic heterocycles. The van der Waals surface area contributed by atoms with Gasteiger partial charge in [0.05, 0.1) is 4.88 Å². The van der Waals surface area contributed by atoms with Crippen molar-refractivity contribution in [2.24, 2.45) is 0 Å². The average Bonchev–Trinajstić information content (AvgIpc) is 2.62. The van der Waals surface area contributed by atoms with Crippen LogP contribution in [-0.2, 0) is 0 Å². The van der Waals surface area contributed by atoms with Crippen LogP contribution in [0.3, 0.4) is 0 Å². The average molecular weight is 286 g/mol. The lowest BCUT2D eigenvalue weighted by Gasteiger charge is -2.05. The van der Waals surface area contributed by atoms with E-state index in [1.807, 2.05) is 18.4 Å². The van der Waals surface area contributed by atoms with Gasteiger partial charge in [-0.15, -0.1) is 11.3 Å². The Balaban J connectivity index is 2.21. The van der Waals surface area contributed by atoms with Crippen molar-refractivity contribution in [3.8, 4) is 0 Å². The maximum Gasteiger partial charge on any atom is 0.265 e. The fraction of sp³-hybridized carbons (Fsp3) is 0.0833. The quantitative estimate of drug-likeness (QED) is 0.857. The molecule has 0 saturated heterocycles. The Morgan fingerprint density at radius 1 is 1.24 bits per heavy atom. The zero-order valence-corrected chi connectivity index (χ0v) is 11.3. The van der Waals surface area contributed by atoms with Crippen molar-refractivity contribution in [1.29, 1.82) is 0 Å². The summed E-state index contributed by atoms with van der Waals surface area (Å²) in [7, 11) is 0. The zero-order chi connectivity index (χ0) is 12.4. The van der Waals surface area contributed by atoms with Gasteiger partial charge in [0.25, 0.3) is 5.91 Å². The number of anilines is 1. The van der Waals surface area contributed by atoms with E-state index in [-0.39, 0.29) is 5.91 Å². The summed E-state index contributed by atoms with van der Waals surface area (Å²) >= 11 is 13.1. The molecule has 2 aromatic rings. The number of thiophene rings is 1. The maximum atomic E-state index is 11.9. The van der Waals surface area contributed by atoms with Gasteiger partial charge in [0, 0.05) is 15.7 Å². The van der Waals surface area contributed by atoms with Gasteiger partial charge in [-0.2, -0.15) is 0 Å². The van der Waals surface area contributed by atoms with Gasteiger partial charge < -0.3 is 5.32 Å². The van der Waals surface area contributed by atoms with Crippen LogP contribution in [0, 0.1) is 6.92 Å². The number of carbonyl (C=O) groups is 1. The first kappa shape index (κ1) is 12.4. The second kappa shape index (κ2) is 5.08. The molecule has 2 rings (SSSR count). The topological polar surface area (TPSA) is 29.1 Å². The smallest absolute Gasteiger partial charge is 0.265 e. The van der Waals surface area contributed by atoms with Crippen molar-refractivity contribution >= 4 is 46.1 Å². The second-order valence-corrected chi connectivity index (χ2v) is 5.33. The molecule has 0 radical (unpaired) electrons. The fourth-order valence-corrected chi connectivity index (χ4v) is 2.77. The monoisotopic (exact) mass is 285 g/mol. The van der Waals surface area contributed by atoms with Crippen molar-refractivity contribution in [2.75, 3.05) is 5.32 Å². The van der Waals surface area contributed by atoms with Gasteiger partial charge in [0.15, 0.2) is 0 Å². The Hall–Kier alpha value is -1.03. The molecule has 1 aromatic heterocycles. The molecular formula is C12H9Cl2NOS. The summed E-state index contributed by atoms with van der Waals surface area (Å²) in [5.74, 6) is -0.143. The van der Waals surface area contributed by atoms with Crippen LogP contribution in [0.25, 0.3) is 0 Å². The second-order valence-electron chi connectivity index (χ2n) is 3.54. The van der Waals surface area contributed by atoms with E-state index in [4.69, 9.17) is 23.2 Å². The van der Waals surface area contributed by atoms with E-state index < -0.39 is 0 Å². The Bertz CT molecular complexity index is 545. The van der Waals surface area contributed by atoms with E-state index in [0.717, 1.165) is 5.56 Å². The third-order valence-corrected chi connectivity index (χ3v) is 3.64. The van der Waals surface area contributed by atoms with Gasteiger partial charge in [-0.3, -0.25) is 4.79 Å². The Morgan fingerprint density at radius 2 is 1.88 bits per heavy atom. The largest absolute Gasteiger partial charge is 0.321 e. The van der Waals surface area contributed by atoms with Gasteiger partial charge in [-0.05, 0) is 42.1 Å². The summed E-state index contributed by atoms with van der Waals surface area (Å²) in [6, 6.07) is 6.85. The van der Waals surface area contributed by atoms with Crippen LogP contribution in [0.2, 0.25) is 10.0 Å². The highest BCUT2D eigenvalue weighted by Crippen LogP contribution is 2.24. The van der Waals surface area contributed by atoms with Gasteiger partial charge in [0.1, 0.15) is 0 Å². The van der Waals surface area contributed by atoms with Crippen LogP contribution >= 0.6 is 34.5 Å². The lowest BCUT2D eigenvalue weighted by molar-refractivity contribution is 0.103. The van der Waals surface area contributed by atoms with Crippen LogP contribution in [0.4, 0.5) is 5.69 Å². The molecular weight excluding hydrogens is 277 g/mol. The number of hydrogen-bond donors (Lipinski definition) is 1.